The third kappa shape index (κ3) is 6.31. The molecule has 0 aliphatic carbocycles. The van der Waals surface area contributed by atoms with E-state index in [0.717, 1.165) is 12.8 Å². The first-order chi connectivity index (χ1) is 9.15. The maximum atomic E-state index is 12.7. The molecule has 5 heteroatoms. The summed E-state index contributed by atoms with van der Waals surface area (Å²) in [5, 5.41) is 5.84. The Labute approximate surface area is 113 Å². The van der Waals surface area contributed by atoms with E-state index in [1.807, 2.05) is 0 Å². The molecule has 19 heavy (non-hydrogen) atoms. The number of halogens is 1. The van der Waals surface area contributed by atoms with Crippen molar-refractivity contribution in [3.63, 3.8) is 0 Å². The second-order valence-electron chi connectivity index (χ2n) is 4.38. The van der Waals surface area contributed by atoms with Crippen LogP contribution in [0.15, 0.2) is 24.3 Å². The highest BCUT2D eigenvalue weighted by Crippen LogP contribution is 2.07. The smallest absolute Gasteiger partial charge is 0.238 e. The fourth-order valence-corrected chi connectivity index (χ4v) is 1.77. The summed E-state index contributed by atoms with van der Waals surface area (Å²) >= 11 is 0. The van der Waals surface area contributed by atoms with Gasteiger partial charge in [-0.2, -0.15) is 0 Å². The molecule has 0 aliphatic heterocycles. The van der Waals surface area contributed by atoms with Gasteiger partial charge in [-0.3, -0.25) is 4.79 Å². The van der Waals surface area contributed by atoms with E-state index < -0.39 is 0 Å². The molecule has 1 atom stereocenters. The summed E-state index contributed by atoms with van der Waals surface area (Å²) in [6.45, 7) is 2.88. The van der Waals surface area contributed by atoms with Crippen LogP contribution in [0.2, 0.25) is 0 Å². The number of carbonyl (C=O) groups excluding carboxylic acids is 1. The van der Waals surface area contributed by atoms with Crippen molar-refractivity contribution in [3.05, 3.63) is 30.1 Å². The van der Waals surface area contributed by atoms with Crippen molar-refractivity contribution in [2.75, 3.05) is 25.6 Å². The van der Waals surface area contributed by atoms with Gasteiger partial charge in [0.1, 0.15) is 5.82 Å². The Morgan fingerprint density at radius 3 is 2.63 bits per heavy atom. The lowest BCUT2D eigenvalue weighted by Crippen LogP contribution is -2.38. The highest BCUT2D eigenvalue weighted by molar-refractivity contribution is 5.92. The number of anilines is 1. The van der Waals surface area contributed by atoms with Crippen molar-refractivity contribution in [2.45, 2.75) is 25.8 Å². The molecule has 0 aromatic heterocycles. The molecule has 1 aromatic rings. The molecule has 0 spiro atoms. The monoisotopic (exact) mass is 268 g/mol. The summed E-state index contributed by atoms with van der Waals surface area (Å²) in [6.07, 6.45) is 1.98. The number of hydrogen-bond acceptors (Lipinski definition) is 3. The number of methoxy groups -OCH3 is 1. The summed E-state index contributed by atoms with van der Waals surface area (Å²) in [7, 11) is 1.64. The summed E-state index contributed by atoms with van der Waals surface area (Å²) in [6, 6.07) is 5.87. The molecule has 0 bridgehead atoms. The van der Waals surface area contributed by atoms with Crippen molar-refractivity contribution in [1.29, 1.82) is 0 Å². The molecule has 106 valence electrons. The highest BCUT2D eigenvalue weighted by Gasteiger charge is 2.09. The van der Waals surface area contributed by atoms with Crippen LogP contribution in [-0.4, -0.2) is 32.2 Å². The van der Waals surface area contributed by atoms with E-state index in [1.165, 1.54) is 24.3 Å². The maximum Gasteiger partial charge on any atom is 0.238 e. The fourth-order valence-electron chi connectivity index (χ4n) is 1.77. The van der Waals surface area contributed by atoms with E-state index in [9.17, 15) is 9.18 Å². The molecule has 0 aliphatic rings. The predicted molar refractivity (Wildman–Crippen MR) is 73.6 cm³/mol. The van der Waals surface area contributed by atoms with Gasteiger partial charge in [-0.05, 0) is 30.7 Å². The van der Waals surface area contributed by atoms with Gasteiger partial charge in [-0.15, -0.1) is 0 Å². The Bertz CT molecular complexity index is 376. The second kappa shape index (κ2) is 8.61. The van der Waals surface area contributed by atoms with Crippen molar-refractivity contribution in [2.24, 2.45) is 0 Å². The maximum absolute atomic E-state index is 12.7. The van der Waals surface area contributed by atoms with E-state index in [4.69, 9.17) is 4.74 Å². The topological polar surface area (TPSA) is 50.4 Å². The van der Waals surface area contributed by atoms with Crippen LogP contribution in [0.4, 0.5) is 10.1 Å². The molecule has 2 N–H and O–H groups in total. The quantitative estimate of drug-likeness (QED) is 0.759. The molecule has 0 saturated heterocycles. The van der Waals surface area contributed by atoms with Gasteiger partial charge >= 0.3 is 0 Å². The third-order valence-corrected chi connectivity index (χ3v) is 2.68. The average Bonchev–Trinajstić information content (AvgIpc) is 2.39. The minimum absolute atomic E-state index is 0.149. The summed E-state index contributed by atoms with van der Waals surface area (Å²) in [4.78, 5) is 11.7. The van der Waals surface area contributed by atoms with Crippen LogP contribution in [0.1, 0.15) is 19.8 Å². The van der Waals surface area contributed by atoms with Crippen LogP contribution in [0.25, 0.3) is 0 Å². The lowest BCUT2D eigenvalue weighted by atomic mass is 10.2. The first kappa shape index (κ1) is 15.6. The van der Waals surface area contributed by atoms with Crippen LogP contribution in [0, 0.1) is 5.82 Å². The van der Waals surface area contributed by atoms with Crippen LogP contribution in [0.3, 0.4) is 0 Å². The normalized spacial score (nSPS) is 12.2. The Morgan fingerprint density at radius 1 is 1.37 bits per heavy atom. The van der Waals surface area contributed by atoms with Gasteiger partial charge in [0.05, 0.1) is 13.2 Å². The number of benzene rings is 1. The van der Waals surface area contributed by atoms with Gasteiger partial charge in [0.25, 0.3) is 0 Å². The number of nitrogens with one attached hydrogen (secondary N) is 2. The van der Waals surface area contributed by atoms with E-state index in [1.54, 1.807) is 7.11 Å². The van der Waals surface area contributed by atoms with Gasteiger partial charge in [0, 0.05) is 18.8 Å². The second-order valence-corrected chi connectivity index (χ2v) is 4.38. The zero-order chi connectivity index (χ0) is 14.1. The van der Waals surface area contributed by atoms with Crippen LogP contribution >= 0.6 is 0 Å². The zero-order valence-corrected chi connectivity index (χ0v) is 11.4. The van der Waals surface area contributed by atoms with E-state index in [-0.39, 0.29) is 24.3 Å². The van der Waals surface area contributed by atoms with E-state index in [0.29, 0.717) is 12.3 Å². The first-order valence-electron chi connectivity index (χ1n) is 6.43. The molecule has 4 nitrogen and oxygen atoms in total. The first-order valence-corrected chi connectivity index (χ1v) is 6.43. The van der Waals surface area contributed by atoms with Crippen LogP contribution < -0.4 is 10.6 Å². The molecular formula is C14H21FN2O2. The molecule has 0 fully saturated rings. The number of amides is 1. The number of carbonyl (C=O) groups is 1. The standard InChI is InChI=1S/C14H21FN2O2/c1-3-4-13(10-19-2)16-9-14(18)17-12-7-5-11(15)6-8-12/h5-8,13,16H,3-4,9-10H2,1-2H3,(H,17,18). The molecule has 1 amide bonds. The van der Waals surface area contributed by atoms with Crippen molar-refractivity contribution < 1.29 is 13.9 Å². The molecule has 0 radical (unpaired) electrons. The molecule has 1 rings (SSSR count). The van der Waals surface area contributed by atoms with Crippen LogP contribution in [0.5, 0.6) is 0 Å². The number of hydrogen-bond donors (Lipinski definition) is 2. The largest absolute Gasteiger partial charge is 0.383 e. The number of ether oxygens (including phenoxy) is 1. The zero-order valence-electron chi connectivity index (χ0n) is 11.4. The Morgan fingerprint density at radius 2 is 2.05 bits per heavy atom. The van der Waals surface area contributed by atoms with Gasteiger partial charge in [0.2, 0.25) is 5.91 Å². The fraction of sp³-hybridized carbons (Fsp3) is 0.500. The van der Waals surface area contributed by atoms with E-state index >= 15 is 0 Å². The SMILES string of the molecule is CCCC(COC)NCC(=O)Nc1ccc(F)cc1. The minimum Gasteiger partial charge on any atom is -0.383 e. The lowest BCUT2D eigenvalue weighted by molar-refractivity contribution is -0.115. The molecule has 1 unspecified atom stereocenters. The summed E-state index contributed by atoms with van der Waals surface area (Å²) in [5.41, 5.74) is 0.590. The summed E-state index contributed by atoms with van der Waals surface area (Å²) in [5.74, 6) is -0.469. The lowest BCUT2D eigenvalue weighted by Gasteiger charge is -2.16. The highest BCUT2D eigenvalue weighted by atomic mass is 19.1. The average molecular weight is 268 g/mol. The molecule has 0 saturated carbocycles. The van der Waals surface area contributed by atoms with Crippen molar-refractivity contribution in [3.8, 4) is 0 Å². The minimum atomic E-state index is -0.320. The molecule has 1 aromatic carbocycles. The Hall–Kier alpha value is -1.46. The van der Waals surface area contributed by atoms with Crippen molar-refractivity contribution >= 4 is 11.6 Å². The van der Waals surface area contributed by atoms with Crippen molar-refractivity contribution in [1.82, 2.24) is 5.32 Å². The third-order valence-electron chi connectivity index (χ3n) is 2.68. The number of rotatable bonds is 8. The van der Waals surface area contributed by atoms with Gasteiger partial charge in [-0.25, -0.2) is 4.39 Å². The summed E-state index contributed by atoms with van der Waals surface area (Å²) < 4.78 is 17.8. The van der Waals surface area contributed by atoms with Gasteiger partial charge < -0.3 is 15.4 Å². The Kier molecular flexibility index (Phi) is 7.07. The van der Waals surface area contributed by atoms with Gasteiger partial charge in [0.15, 0.2) is 0 Å². The van der Waals surface area contributed by atoms with Gasteiger partial charge in [-0.1, -0.05) is 13.3 Å². The molecule has 0 heterocycles. The Balaban J connectivity index is 2.35. The van der Waals surface area contributed by atoms with E-state index in [2.05, 4.69) is 17.6 Å². The van der Waals surface area contributed by atoms with Crippen LogP contribution in [-0.2, 0) is 9.53 Å². The predicted octanol–water partition coefficient (Wildman–Crippen LogP) is 2.17. The molecular weight excluding hydrogens is 247 g/mol.